The van der Waals surface area contributed by atoms with Gasteiger partial charge in [0, 0.05) is 26.0 Å². The molecule has 0 aromatic carbocycles. The molecule has 0 saturated carbocycles. The van der Waals surface area contributed by atoms with Gasteiger partial charge in [-0.1, -0.05) is 6.58 Å². The fraction of sp³-hybridized carbons (Fsp3) is 0.643. The molecule has 0 radical (unpaired) electrons. The maximum atomic E-state index is 15.2. The van der Waals surface area contributed by atoms with E-state index in [2.05, 4.69) is 11.6 Å². The lowest BCUT2D eigenvalue weighted by atomic mass is 9.97. The molecule has 1 saturated heterocycles. The third-order valence-corrected chi connectivity index (χ3v) is 3.80. The van der Waals surface area contributed by atoms with E-state index in [0.29, 0.717) is 11.7 Å². The smallest absolute Gasteiger partial charge is 0.181 e. The Hall–Kier alpha value is -1.44. The van der Waals surface area contributed by atoms with Crippen molar-refractivity contribution < 1.29 is 18.6 Å². The molecule has 6 nitrogen and oxygen atoms in total. The number of amidine groups is 1. The Balaban J connectivity index is 2.30. The molecule has 1 fully saturated rings. The van der Waals surface area contributed by atoms with E-state index in [1.807, 2.05) is 0 Å². The first kappa shape index (κ1) is 15.9. The summed E-state index contributed by atoms with van der Waals surface area (Å²) in [6, 6.07) is 0. The van der Waals surface area contributed by atoms with Gasteiger partial charge in [0.05, 0.1) is 6.61 Å². The van der Waals surface area contributed by atoms with Gasteiger partial charge in [-0.05, 0) is 13.8 Å². The van der Waals surface area contributed by atoms with E-state index in [9.17, 15) is 0 Å². The number of aliphatic imine (C=N–C) groups is 1. The number of alkyl halides is 1. The molecule has 0 aromatic heterocycles. The lowest BCUT2D eigenvalue weighted by Crippen LogP contribution is -2.49. The molecule has 2 rings (SSSR count). The number of nitrogens with two attached hydrogens (primary N) is 1. The molecule has 7 heteroatoms. The molecule has 118 valence electrons. The first-order valence-corrected chi connectivity index (χ1v) is 6.69. The summed E-state index contributed by atoms with van der Waals surface area (Å²) in [4.78, 5) is 5.67. The molecular formula is C14H22FN3O3. The fourth-order valence-electron chi connectivity index (χ4n) is 2.72. The van der Waals surface area contributed by atoms with Crippen LogP contribution in [-0.4, -0.2) is 55.7 Å². The van der Waals surface area contributed by atoms with Crippen LogP contribution in [0.3, 0.4) is 0 Å². The van der Waals surface area contributed by atoms with Crippen molar-refractivity contribution in [1.82, 2.24) is 4.90 Å². The Morgan fingerprint density at radius 2 is 2.24 bits per heavy atom. The van der Waals surface area contributed by atoms with Crippen LogP contribution in [0.25, 0.3) is 0 Å². The molecule has 2 N–H and O–H groups in total. The Kier molecular flexibility index (Phi) is 4.36. The Morgan fingerprint density at radius 1 is 1.57 bits per heavy atom. The van der Waals surface area contributed by atoms with Gasteiger partial charge in [-0.3, -0.25) is 0 Å². The summed E-state index contributed by atoms with van der Waals surface area (Å²) in [7, 11) is 2.99. The third kappa shape index (κ3) is 2.68. The highest BCUT2D eigenvalue weighted by Gasteiger charge is 2.57. The molecule has 2 heterocycles. The molecule has 0 spiro atoms. The summed E-state index contributed by atoms with van der Waals surface area (Å²) in [5.74, 6) is 0.700. The van der Waals surface area contributed by atoms with Crippen molar-refractivity contribution in [3.8, 4) is 0 Å². The molecule has 0 aliphatic carbocycles. The van der Waals surface area contributed by atoms with Crippen LogP contribution in [0.1, 0.15) is 13.8 Å². The zero-order valence-electron chi connectivity index (χ0n) is 12.8. The van der Waals surface area contributed by atoms with Crippen LogP contribution in [0, 0.1) is 0 Å². The summed E-state index contributed by atoms with van der Waals surface area (Å²) in [5, 5.41) is 0. The number of hydrogen-bond donors (Lipinski definition) is 1. The summed E-state index contributed by atoms with van der Waals surface area (Å²) in [5.41, 5.74) is 4.72. The van der Waals surface area contributed by atoms with Crippen molar-refractivity contribution in [2.24, 2.45) is 10.7 Å². The highest BCUT2D eigenvalue weighted by molar-refractivity contribution is 5.97. The molecular weight excluding hydrogens is 277 g/mol. The Morgan fingerprint density at radius 3 is 2.81 bits per heavy atom. The topological polar surface area (TPSA) is 69.3 Å². The Labute approximate surface area is 124 Å². The molecule has 2 aliphatic heterocycles. The predicted molar refractivity (Wildman–Crippen MR) is 77.2 cm³/mol. The number of halogens is 1. The van der Waals surface area contributed by atoms with Crippen molar-refractivity contribution >= 4 is 5.84 Å². The maximum Gasteiger partial charge on any atom is 0.181 e. The second-order valence-corrected chi connectivity index (χ2v) is 5.42. The second kappa shape index (κ2) is 5.75. The van der Waals surface area contributed by atoms with Crippen LogP contribution in [-0.2, 0) is 14.2 Å². The van der Waals surface area contributed by atoms with Crippen molar-refractivity contribution in [2.75, 3.05) is 20.8 Å². The van der Waals surface area contributed by atoms with E-state index < -0.39 is 24.1 Å². The lowest BCUT2D eigenvalue weighted by molar-refractivity contribution is -0.0804. The maximum absolute atomic E-state index is 15.2. The molecule has 0 amide bonds. The van der Waals surface area contributed by atoms with E-state index in [4.69, 9.17) is 19.9 Å². The van der Waals surface area contributed by atoms with Crippen molar-refractivity contribution in [3.05, 3.63) is 24.2 Å². The van der Waals surface area contributed by atoms with Crippen LogP contribution < -0.4 is 5.73 Å². The van der Waals surface area contributed by atoms with Crippen LogP contribution in [0.5, 0.6) is 0 Å². The van der Waals surface area contributed by atoms with Gasteiger partial charge < -0.3 is 24.8 Å². The van der Waals surface area contributed by atoms with Crippen LogP contribution in [0.4, 0.5) is 4.39 Å². The number of ether oxygens (including phenoxy) is 3. The number of hydrogen-bond acceptors (Lipinski definition) is 6. The summed E-state index contributed by atoms with van der Waals surface area (Å²) in [6.07, 6.45) is -0.464. The highest BCUT2D eigenvalue weighted by Crippen LogP contribution is 2.40. The molecule has 4 atom stereocenters. The van der Waals surface area contributed by atoms with Gasteiger partial charge in [-0.25, -0.2) is 9.38 Å². The number of methoxy groups -OCH3 is 2. The zero-order chi connectivity index (χ0) is 15.8. The van der Waals surface area contributed by atoms with Crippen LogP contribution >= 0.6 is 0 Å². The lowest BCUT2D eigenvalue weighted by Gasteiger charge is -2.35. The summed E-state index contributed by atoms with van der Waals surface area (Å²) < 4.78 is 31.4. The monoisotopic (exact) mass is 299 g/mol. The van der Waals surface area contributed by atoms with Crippen LogP contribution in [0.15, 0.2) is 29.2 Å². The van der Waals surface area contributed by atoms with Gasteiger partial charge in [-0.2, -0.15) is 0 Å². The zero-order valence-corrected chi connectivity index (χ0v) is 12.8. The number of rotatable bonds is 4. The van der Waals surface area contributed by atoms with Gasteiger partial charge in [0.1, 0.15) is 23.9 Å². The van der Waals surface area contributed by atoms with Gasteiger partial charge in [0.25, 0.3) is 0 Å². The molecule has 1 unspecified atom stereocenters. The van der Waals surface area contributed by atoms with Gasteiger partial charge in [0.2, 0.25) is 0 Å². The quantitative estimate of drug-likeness (QED) is 0.843. The van der Waals surface area contributed by atoms with Crippen LogP contribution in [0.2, 0.25) is 0 Å². The fourth-order valence-corrected chi connectivity index (χ4v) is 2.72. The van der Waals surface area contributed by atoms with E-state index in [1.165, 1.54) is 21.1 Å². The highest BCUT2D eigenvalue weighted by atomic mass is 19.1. The summed E-state index contributed by atoms with van der Waals surface area (Å²) >= 11 is 0. The van der Waals surface area contributed by atoms with Crippen molar-refractivity contribution in [1.29, 1.82) is 0 Å². The minimum Gasteiger partial charge on any atom is -0.383 e. The molecule has 0 aromatic rings. The van der Waals surface area contributed by atoms with Gasteiger partial charge in [-0.15, -0.1) is 0 Å². The van der Waals surface area contributed by atoms with Gasteiger partial charge >= 0.3 is 0 Å². The van der Waals surface area contributed by atoms with Crippen molar-refractivity contribution in [3.63, 3.8) is 0 Å². The predicted octanol–water partition coefficient (Wildman–Crippen LogP) is 1.15. The largest absolute Gasteiger partial charge is 0.383 e. The minimum absolute atomic E-state index is 0.239. The second-order valence-electron chi connectivity index (χ2n) is 5.42. The SMILES string of the molecule is C=C1N=C(N)C(C)=CN1[C@@H]1O[C@H](COC)C(OC)[C@@]1(C)F. The average molecular weight is 299 g/mol. The number of nitrogens with zero attached hydrogens (tertiary/aromatic N) is 2. The van der Waals surface area contributed by atoms with E-state index in [0.717, 1.165) is 5.57 Å². The van der Waals surface area contributed by atoms with E-state index >= 15 is 4.39 Å². The molecule has 21 heavy (non-hydrogen) atoms. The van der Waals surface area contributed by atoms with Gasteiger partial charge in [0.15, 0.2) is 11.9 Å². The molecule has 0 bridgehead atoms. The first-order valence-electron chi connectivity index (χ1n) is 6.69. The summed E-state index contributed by atoms with van der Waals surface area (Å²) in [6.45, 7) is 7.29. The van der Waals surface area contributed by atoms with E-state index in [1.54, 1.807) is 18.0 Å². The normalized spacial score (nSPS) is 36.7. The van der Waals surface area contributed by atoms with E-state index in [-0.39, 0.29) is 6.61 Å². The average Bonchev–Trinajstić information content (AvgIpc) is 2.65. The first-order chi connectivity index (χ1) is 9.82. The molecule has 2 aliphatic rings. The minimum atomic E-state index is -1.75. The third-order valence-electron chi connectivity index (χ3n) is 3.80. The Bertz CT molecular complexity index is 490. The van der Waals surface area contributed by atoms with Crippen molar-refractivity contribution in [2.45, 2.75) is 38.0 Å². The standard InChI is InChI=1S/C14H22FN3O3/c1-8-6-18(9(2)17-12(8)16)13-14(3,15)11(20-5)10(21-13)7-19-4/h6,10-11,13H,2,7H2,1,3-5H3,(H2,16,17)/t10-,11?,13-,14-/m1/s1.